The predicted molar refractivity (Wildman–Crippen MR) is 109 cm³/mol. The fourth-order valence-electron chi connectivity index (χ4n) is 2.17. The van der Waals surface area contributed by atoms with Gasteiger partial charge in [0.25, 0.3) is 11.6 Å². The number of carbonyl (C=O) groups is 1. The Labute approximate surface area is 177 Å². The van der Waals surface area contributed by atoms with E-state index < -0.39 is 20.7 Å². The van der Waals surface area contributed by atoms with E-state index in [0.29, 0.717) is 5.75 Å². The molecule has 0 atom stereocenters. The van der Waals surface area contributed by atoms with Crippen molar-refractivity contribution in [2.24, 2.45) is 0 Å². The normalized spacial score (nSPS) is 11.1. The summed E-state index contributed by atoms with van der Waals surface area (Å²) in [6, 6.07) is 11.5. The standard InChI is InChI=1S/C17H12BrN3O6S2/c18-11-2-1-3-13(8-11)27-10-15(22)20-17-19-9-16(28-17)29(25,26)14-6-4-12(5-7-14)21(23)24/h1-9H,10H2,(H,19,20,22). The smallest absolute Gasteiger partial charge is 0.269 e. The molecule has 3 rings (SSSR count). The number of nitrogens with one attached hydrogen (secondary N) is 1. The molecule has 150 valence electrons. The highest BCUT2D eigenvalue weighted by molar-refractivity contribution is 9.10. The molecule has 0 aliphatic carbocycles. The van der Waals surface area contributed by atoms with Crippen LogP contribution in [0.5, 0.6) is 5.75 Å². The molecule has 0 aliphatic rings. The molecule has 0 saturated carbocycles. The topological polar surface area (TPSA) is 128 Å². The summed E-state index contributed by atoms with van der Waals surface area (Å²) in [4.78, 5) is 25.9. The van der Waals surface area contributed by atoms with Gasteiger partial charge < -0.3 is 4.74 Å². The summed E-state index contributed by atoms with van der Waals surface area (Å²) in [5.41, 5.74) is -0.216. The van der Waals surface area contributed by atoms with Crippen molar-refractivity contribution in [3.8, 4) is 5.75 Å². The van der Waals surface area contributed by atoms with Crippen molar-refractivity contribution in [1.29, 1.82) is 0 Å². The maximum atomic E-state index is 12.6. The molecule has 1 heterocycles. The summed E-state index contributed by atoms with van der Waals surface area (Å²) in [5, 5.41) is 13.3. The van der Waals surface area contributed by atoms with E-state index in [0.717, 1.165) is 46.3 Å². The van der Waals surface area contributed by atoms with Crippen molar-refractivity contribution in [1.82, 2.24) is 4.98 Å². The number of hydrogen-bond acceptors (Lipinski definition) is 8. The second-order valence-electron chi connectivity index (χ2n) is 5.53. The van der Waals surface area contributed by atoms with Gasteiger partial charge in [0, 0.05) is 16.6 Å². The molecule has 1 amide bonds. The van der Waals surface area contributed by atoms with Crippen LogP contribution in [-0.2, 0) is 14.6 Å². The third kappa shape index (κ3) is 5.16. The van der Waals surface area contributed by atoms with Crippen molar-refractivity contribution < 1.29 is 22.9 Å². The van der Waals surface area contributed by atoms with Gasteiger partial charge in [-0.2, -0.15) is 0 Å². The number of hydrogen-bond donors (Lipinski definition) is 1. The fourth-order valence-corrected chi connectivity index (χ4v) is 4.99. The van der Waals surface area contributed by atoms with E-state index in [-0.39, 0.29) is 26.5 Å². The van der Waals surface area contributed by atoms with Crippen molar-refractivity contribution in [3.05, 3.63) is 69.3 Å². The molecule has 0 aliphatic heterocycles. The Morgan fingerprint density at radius 3 is 2.62 bits per heavy atom. The highest BCUT2D eigenvalue weighted by Crippen LogP contribution is 2.29. The van der Waals surface area contributed by atoms with E-state index in [1.54, 1.807) is 18.2 Å². The van der Waals surface area contributed by atoms with Gasteiger partial charge in [-0.25, -0.2) is 13.4 Å². The lowest BCUT2D eigenvalue weighted by atomic mass is 10.3. The fraction of sp³-hybridized carbons (Fsp3) is 0.0588. The van der Waals surface area contributed by atoms with Crippen LogP contribution in [0.15, 0.2) is 68.3 Å². The monoisotopic (exact) mass is 497 g/mol. The first kappa shape index (κ1) is 20.9. The number of nitrogens with zero attached hydrogens (tertiary/aromatic N) is 2. The van der Waals surface area contributed by atoms with E-state index in [1.165, 1.54) is 0 Å². The second kappa shape index (κ2) is 8.68. The number of nitro groups is 1. The molecule has 1 N–H and O–H groups in total. The van der Waals surface area contributed by atoms with E-state index >= 15 is 0 Å². The number of sulfone groups is 1. The molecule has 1 aromatic heterocycles. The maximum absolute atomic E-state index is 12.6. The van der Waals surface area contributed by atoms with E-state index in [1.807, 2.05) is 6.07 Å². The average molecular weight is 498 g/mol. The van der Waals surface area contributed by atoms with Gasteiger partial charge in [-0.15, -0.1) is 0 Å². The number of thiazole rings is 1. The van der Waals surface area contributed by atoms with Gasteiger partial charge in [0.1, 0.15) is 9.96 Å². The molecule has 12 heteroatoms. The number of non-ortho nitro benzene ring substituents is 1. The minimum absolute atomic E-state index is 0.0910. The number of ether oxygens (including phenoxy) is 1. The molecule has 9 nitrogen and oxygen atoms in total. The third-order valence-electron chi connectivity index (χ3n) is 3.52. The largest absolute Gasteiger partial charge is 0.484 e. The lowest BCUT2D eigenvalue weighted by Crippen LogP contribution is -2.19. The van der Waals surface area contributed by atoms with Gasteiger partial charge >= 0.3 is 0 Å². The Kier molecular flexibility index (Phi) is 6.25. The van der Waals surface area contributed by atoms with Crippen LogP contribution in [0.1, 0.15) is 0 Å². The summed E-state index contributed by atoms with van der Waals surface area (Å²) < 4.78 is 31.3. The molecular formula is C17H12BrN3O6S2. The highest BCUT2D eigenvalue weighted by Gasteiger charge is 2.22. The molecule has 2 aromatic carbocycles. The van der Waals surface area contributed by atoms with Crippen LogP contribution in [0.3, 0.4) is 0 Å². The van der Waals surface area contributed by atoms with Crippen LogP contribution in [0.2, 0.25) is 0 Å². The van der Waals surface area contributed by atoms with Crippen molar-refractivity contribution in [2.45, 2.75) is 9.10 Å². The highest BCUT2D eigenvalue weighted by atomic mass is 79.9. The average Bonchev–Trinajstić information content (AvgIpc) is 3.16. The van der Waals surface area contributed by atoms with E-state index in [2.05, 4.69) is 26.2 Å². The van der Waals surface area contributed by atoms with Gasteiger partial charge in [0.2, 0.25) is 9.84 Å². The minimum atomic E-state index is -3.91. The zero-order valence-electron chi connectivity index (χ0n) is 14.4. The molecule has 0 saturated heterocycles. The first-order chi connectivity index (χ1) is 13.8. The SMILES string of the molecule is O=C(COc1cccc(Br)c1)Nc1ncc(S(=O)(=O)c2ccc([N+](=O)[O-])cc2)s1. The van der Waals surface area contributed by atoms with Crippen LogP contribution < -0.4 is 10.1 Å². The van der Waals surface area contributed by atoms with Crippen LogP contribution in [0.4, 0.5) is 10.8 Å². The zero-order chi connectivity index (χ0) is 21.0. The van der Waals surface area contributed by atoms with E-state index in [9.17, 15) is 23.3 Å². The molecule has 3 aromatic rings. The number of halogens is 1. The Morgan fingerprint density at radius 2 is 1.97 bits per heavy atom. The number of amides is 1. The van der Waals surface area contributed by atoms with Gasteiger partial charge in [-0.05, 0) is 30.3 Å². The second-order valence-corrected chi connectivity index (χ2v) is 9.66. The van der Waals surface area contributed by atoms with Gasteiger partial charge in [0.15, 0.2) is 11.7 Å². The molecular weight excluding hydrogens is 486 g/mol. The lowest BCUT2D eigenvalue weighted by Gasteiger charge is -2.06. The van der Waals surface area contributed by atoms with Gasteiger partial charge in [-0.3, -0.25) is 20.2 Å². The zero-order valence-corrected chi connectivity index (χ0v) is 17.7. The quantitative estimate of drug-likeness (QED) is 0.389. The third-order valence-corrected chi connectivity index (χ3v) is 7.16. The molecule has 0 radical (unpaired) electrons. The van der Waals surface area contributed by atoms with Crippen LogP contribution >= 0.6 is 27.3 Å². The van der Waals surface area contributed by atoms with Crippen molar-refractivity contribution in [3.63, 3.8) is 0 Å². The Bertz CT molecular complexity index is 1160. The molecule has 0 fully saturated rings. The number of carbonyl (C=O) groups excluding carboxylic acids is 1. The summed E-state index contributed by atoms with van der Waals surface area (Å²) in [5.74, 6) is -0.00582. The minimum Gasteiger partial charge on any atom is -0.484 e. The van der Waals surface area contributed by atoms with Crippen molar-refractivity contribution >= 4 is 53.8 Å². The van der Waals surface area contributed by atoms with E-state index in [4.69, 9.17) is 4.74 Å². The maximum Gasteiger partial charge on any atom is 0.269 e. The number of nitro benzene ring substituents is 1. The summed E-state index contributed by atoms with van der Waals surface area (Å²) in [6.07, 6.45) is 1.12. The molecule has 0 unspecified atom stereocenters. The molecule has 29 heavy (non-hydrogen) atoms. The Balaban J connectivity index is 1.66. The van der Waals surface area contributed by atoms with Crippen molar-refractivity contribution in [2.75, 3.05) is 11.9 Å². The first-order valence-corrected chi connectivity index (χ1v) is 11.0. The lowest BCUT2D eigenvalue weighted by molar-refractivity contribution is -0.384. The number of aromatic nitrogens is 1. The van der Waals surface area contributed by atoms with Crippen LogP contribution in [-0.4, -0.2) is 30.8 Å². The number of benzene rings is 2. The first-order valence-electron chi connectivity index (χ1n) is 7.89. The molecule has 0 bridgehead atoms. The van der Waals surface area contributed by atoms with Crippen LogP contribution in [0.25, 0.3) is 0 Å². The predicted octanol–water partition coefficient (Wildman–Crippen LogP) is 3.66. The number of rotatable bonds is 7. The van der Waals surface area contributed by atoms with Crippen LogP contribution in [0, 0.1) is 10.1 Å². The Morgan fingerprint density at radius 1 is 1.24 bits per heavy atom. The van der Waals surface area contributed by atoms with Gasteiger partial charge in [-0.1, -0.05) is 33.3 Å². The molecule has 0 spiro atoms. The summed E-state index contributed by atoms with van der Waals surface area (Å²) in [7, 11) is -3.91. The summed E-state index contributed by atoms with van der Waals surface area (Å²) in [6.45, 7) is -0.277. The summed E-state index contributed by atoms with van der Waals surface area (Å²) >= 11 is 4.07. The number of anilines is 1. The van der Waals surface area contributed by atoms with Gasteiger partial charge in [0.05, 0.1) is 16.0 Å². The Hall–Kier alpha value is -2.83.